The first-order valence-corrected chi connectivity index (χ1v) is 9.99. The van der Waals surface area contributed by atoms with Gasteiger partial charge in [0.05, 0.1) is 0 Å². The first-order chi connectivity index (χ1) is 13.1. The van der Waals surface area contributed by atoms with Crippen LogP contribution in [0.15, 0.2) is 64.8 Å². The highest BCUT2D eigenvalue weighted by atomic mass is 16.5. The molecule has 0 saturated carbocycles. The van der Waals surface area contributed by atoms with Gasteiger partial charge < -0.3 is 0 Å². The molecule has 0 spiro atoms. The van der Waals surface area contributed by atoms with Gasteiger partial charge in [-0.3, -0.25) is 10.0 Å². The number of hydrogen-bond acceptors (Lipinski definition) is 2. The van der Waals surface area contributed by atoms with E-state index in [-0.39, 0.29) is 10.8 Å². The number of hydroxylamine groups is 1. The summed E-state index contributed by atoms with van der Waals surface area (Å²) in [5.74, 6) is -0.497. The minimum absolute atomic E-state index is 0.196. The molecule has 2 aliphatic carbocycles. The number of carbonyl (C=O) groups excluding carboxylic acids is 1. The molecular weight excluding hydrogens is 346 g/mol. The minimum atomic E-state index is -0.497. The zero-order valence-electron chi connectivity index (χ0n) is 17.6. The summed E-state index contributed by atoms with van der Waals surface area (Å²) in [7, 11) is 0. The Balaban J connectivity index is 1.96. The summed E-state index contributed by atoms with van der Waals surface area (Å²) in [5.41, 5.74) is 9.08. The van der Waals surface area contributed by atoms with Crippen LogP contribution in [-0.4, -0.2) is 11.1 Å². The number of carbonyl (C=O) groups is 1. The van der Waals surface area contributed by atoms with E-state index >= 15 is 0 Å². The third kappa shape index (κ3) is 4.05. The van der Waals surface area contributed by atoms with Gasteiger partial charge in [0, 0.05) is 5.56 Å². The molecule has 2 aliphatic rings. The Hall–Kier alpha value is -2.39. The van der Waals surface area contributed by atoms with Crippen molar-refractivity contribution in [3.8, 4) is 0 Å². The Morgan fingerprint density at radius 1 is 1.07 bits per heavy atom. The molecule has 0 aliphatic heterocycles. The van der Waals surface area contributed by atoms with Crippen molar-refractivity contribution < 1.29 is 10.0 Å². The van der Waals surface area contributed by atoms with Crippen LogP contribution in [0.2, 0.25) is 0 Å². The van der Waals surface area contributed by atoms with Crippen LogP contribution in [-0.2, 0) is 0 Å². The molecular formula is C25H31NO2. The summed E-state index contributed by atoms with van der Waals surface area (Å²) < 4.78 is 0. The average molecular weight is 378 g/mol. The molecule has 0 aromatic heterocycles. The molecule has 148 valence electrons. The normalized spacial score (nSPS) is 20.9. The van der Waals surface area contributed by atoms with Crippen molar-refractivity contribution >= 4 is 12.0 Å². The van der Waals surface area contributed by atoms with E-state index in [2.05, 4.69) is 58.9 Å². The molecule has 3 rings (SSSR count). The molecule has 0 unspecified atom stereocenters. The third-order valence-electron chi connectivity index (χ3n) is 6.28. The van der Waals surface area contributed by atoms with E-state index in [9.17, 15) is 4.79 Å². The molecule has 0 saturated heterocycles. The summed E-state index contributed by atoms with van der Waals surface area (Å²) in [6, 6.07) is 7.23. The van der Waals surface area contributed by atoms with Gasteiger partial charge in [-0.15, -0.1) is 0 Å². The van der Waals surface area contributed by atoms with E-state index in [1.165, 1.54) is 29.6 Å². The van der Waals surface area contributed by atoms with Crippen molar-refractivity contribution in [3.63, 3.8) is 0 Å². The topological polar surface area (TPSA) is 49.3 Å². The van der Waals surface area contributed by atoms with E-state index in [1.54, 1.807) is 23.2 Å². The number of hydrogen-bond donors (Lipinski definition) is 2. The van der Waals surface area contributed by atoms with Crippen LogP contribution in [0.5, 0.6) is 0 Å². The number of allylic oxidation sites excluding steroid dienone is 7. The summed E-state index contributed by atoms with van der Waals surface area (Å²) in [5, 5.41) is 8.74. The second kappa shape index (κ2) is 7.56. The Bertz CT molecular complexity index is 893. The molecule has 1 aromatic carbocycles. The molecule has 2 N–H and O–H groups in total. The van der Waals surface area contributed by atoms with E-state index in [1.807, 2.05) is 12.1 Å². The fraction of sp³-hybridized carbons (Fsp3) is 0.400. The lowest BCUT2D eigenvalue weighted by Gasteiger charge is -2.42. The summed E-state index contributed by atoms with van der Waals surface area (Å²) in [6.07, 6.45) is 12.5. The second-order valence-electron chi connectivity index (χ2n) is 9.26. The van der Waals surface area contributed by atoms with Crippen LogP contribution in [0, 0.1) is 10.8 Å². The maximum Gasteiger partial charge on any atom is 0.274 e. The van der Waals surface area contributed by atoms with Gasteiger partial charge >= 0.3 is 0 Å². The zero-order chi connectivity index (χ0) is 20.5. The largest absolute Gasteiger partial charge is 0.288 e. The molecule has 28 heavy (non-hydrogen) atoms. The predicted molar refractivity (Wildman–Crippen MR) is 115 cm³/mol. The molecule has 0 atom stereocenters. The Labute approximate surface area is 168 Å². The fourth-order valence-electron chi connectivity index (χ4n) is 4.23. The van der Waals surface area contributed by atoms with Gasteiger partial charge in [0.15, 0.2) is 0 Å². The van der Waals surface area contributed by atoms with Crippen LogP contribution in [0.25, 0.3) is 6.08 Å². The van der Waals surface area contributed by atoms with E-state index in [0.29, 0.717) is 5.56 Å². The average Bonchev–Trinajstić information content (AvgIpc) is 2.90. The Kier molecular flexibility index (Phi) is 5.49. The first kappa shape index (κ1) is 20.3. The van der Waals surface area contributed by atoms with Crippen molar-refractivity contribution in [3.05, 3.63) is 75.9 Å². The van der Waals surface area contributed by atoms with Crippen molar-refractivity contribution in [1.82, 2.24) is 5.48 Å². The lowest BCUT2D eigenvalue weighted by molar-refractivity contribution is 0.0706. The van der Waals surface area contributed by atoms with Gasteiger partial charge in [0.25, 0.3) is 5.91 Å². The van der Waals surface area contributed by atoms with Gasteiger partial charge in [-0.05, 0) is 71.4 Å². The molecule has 1 amide bonds. The monoisotopic (exact) mass is 377 g/mol. The van der Waals surface area contributed by atoms with E-state index in [0.717, 1.165) is 12.0 Å². The molecule has 3 nitrogen and oxygen atoms in total. The standard InChI is InChI=1S/C25H31NO2/c1-17(15-18-9-11-19(12-10-18)23(27)26-28)20-7-6-8-21-22(16-20)25(4,5)14-13-24(21,2)3/h6-7,9-12,15-16,28H,8,13-14H2,1-5H3,(H,26,27)/b17-15+. The number of benzene rings is 1. The highest BCUT2D eigenvalue weighted by Crippen LogP contribution is 2.51. The van der Waals surface area contributed by atoms with Gasteiger partial charge in [-0.1, -0.05) is 69.7 Å². The maximum atomic E-state index is 11.5. The van der Waals surface area contributed by atoms with Crippen molar-refractivity contribution in [2.75, 3.05) is 0 Å². The Morgan fingerprint density at radius 2 is 1.71 bits per heavy atom. The molecule has 3 heteroatoms. The summed E-state index contributed by atoms with van der Waals surface area (Å²) >= 11 is 0. The minimum Gasteiger partial charge on any atom is -0.288 e. The van der Waals surface area contributed by atoms with Gasteiger partial charge in [-0.2, -0.15) is 0 Å². The van der Waals surface area contributed by atoms with Crippen molar-refractivity contribution in [1.29, 1.82) is 0 Å². The zero-order valence-corrected chi connectivity index (χ0v) is 17.6. The van der Waals surface area contributed by atoms with Crippen LogP contribution >= 0.6 is 0 Å². The van der Waals surface area contributed by atoms with E-state index in [4.69, 9.17) is 5.21 Å². The SMILES string of the molecule is C/C(=C\c1ccc(C(=O)NO)cc1)C1=CC2=C(CC=C1)C(C)(C)CCC2(C)C. The molecule has 0 bridgehead atoms. The highest BCUT2D eigenvalue weighted by molar-refractivity contribution is 5.93. The number of amides is 1. The summed E-state index contributed by atoms with van der Waals surface area (Å²) in [6.45, 7) is 11.6. The Morgan fingerprint density at radius 3 is 2.36 bits per heavy atom. The quantitative estimate of drug-likeness (QED) is 0.484. The van der Waals surface area contributed by atoms with Crippen LogP contribution < -0.4 is 5.48 Å². The molecule has 1 aromatic rings. The van der Waals surface area contributed by atoms with Crippen molar-refractivity contribution in [2.24, 2.45) is 10.8 Å². The van der Waals surface area contributed by atoms with Crippen LogP contribution in [0.1, 0.15) is 69.8 Å². The smallest absolute Gasteiger partial charge is 0.274 e. The lowest BCUT2D eigenvalue weighted by Crippen LogP contribution is -2.30. The maximum absolute atomic E-state index is 11.5. The predicted octanol–water partition coefficient (Wildman–Crippen LogP) is 6.24. The van der Waals surface area contributed by atoms with Gasteiger partial charge in [0.1, 0.15) is 0 Å². The number of nitrogens with one attached hydrogen (secondary N) is 1. The van der Waals surface area contributed by atoms with Crippen molar-refractivity contribution in [2.45, 2.75) is 53.9 Å². The molecule has 0 heterocycles. The third-order valence-corrected chi connectivity index (χ3v) is 6.28. The lowest BCUT2D eigenvalue weighted by atomic mass is 9.62. The summed E-state index contributed by atoms with van der Waals surface area (Å²) in [4.78, 5) is 11.5. The fourth-order valence-corrected chi connectivity index (χ4v) is 4.23. The molecule has 0 radical (unpaired) electrons. The first-order valence-electron chi connectivity index (χ1n) is 9.99. The molecule has 0 fully saturated rings. The van der Waals surface area contributed by atoms with Crippen LogP contribution in [0.4, 0.5) is 0 Å². The van der Waals surface area contributed by atoms with Gasteiger partial charge in [0.2, 0.25) is 0 Å². The van der Waals surface area contributed by atoms with E-state index < -0.39 is 5.91 Å². The van der Waals surface area contributed by atoms with Gasteiger partial charge in [-0.25, -0.2) is 5.48 Å². The van der Waals surface area contributed by atoms with Crippen LogP contribution in [0.3, 0.4) is 0 Å². The highest BCUT2D eigenvalue weighted by Gasteiger charge is 2.38. The second-order valence-corrected chi connectivity index (χ2v) is 9.26. The number of rotatable bonds is 3.